The molecule has 94 valence electrons. The van der Waals surface area contributed by atoms with Crippen molar-refractivity contribution >= 4 is 5.96 Å². The molecule has 1 aliphatic rings. The molecule has 4 nitrogen and oxygen atoms in total. The molecule has 0 bridgehead atoms. The number of nitrogens with two attached hydrogens (primary N) is 1. The molecule has 0 aromatic carbocycles. The summed E-state index contributed by atoms with van der Waals surface area (Å²) in [6.07, 6.45) is 6.93. The Morgan fingerprint density at radius 3 is 2.62 bits per heavy atom. The number of aliphatic imine (C=N–C) groups is 1. The van der Waals surface area contributed by atoms with E-state index in [4.69, 9.17) is 5.73 Å². The average Bonchev–Trinajstić information content (AvgIpc) is 2.28. The van der Waals surface area contributed by atoms with Crippen LogP contribution in [-0.2, 0) is 0 Å². The number of aliphatic hydroxyl groups is 1. The number of nitrogens with zero attached hydrogens (tertiary/aromatic N) is 1. The summed E-state index contributed by atoms with van der Waals surface area (Å²) in [7, 11) is 0. The second kappa shape index (κ2) is 6.09. The van der Waals surface area contributed by atoms with Gasteiger partial charge in [-0.2, -0.15) is 0 Å². The van der Waals surface area contributed by atoms with E-state index >= 15 is 0 Å². The van der Waals surface area contributed by atoms with Crippen LogP contribution in [0.3, 0.4) is 0 Å². The number of nitrogens with one attached hydrogen (secondary N) is 1. The maximum Gasteiger partial charge on any atom is 0.188 e. The maximum atomic E-state index is 9.79. The lowest BCUT2D eigenvalue weighted by Gasteiger charge is -2.24. The summed E-state index contributed by atoms with van der Waals surface area (Å²) in [6.45, 7) is 4.10. The van der Waals surface area contributed by atoms with Crippen LogP contribution in [0.4, 0.5) is 0 Å². The highest BCUT2D eigenvalue weighted by Crippen LogP contribution is 2.17. The van der Waals surface area contributed by atoms with E-state index in [9.17, 15) is 5.11 Å². The normalized spacial score (nSPS) is 22.8. The Morgan fingerprint density at radius 1 is 1.44 bits per heavy atom. The second-order valence-corrected chi connectivity index (χ2v) is 5.03. The van der Waals surface area contributed by atoms with Crippen molar-refractivity contribution in [3.8, 4) is 0 Å². The van der Waals surface area contributed by atoms with Gasteiger partial charge in [-0.15, -0.1) is 0 Å². The molecule has 1 aliphatic carbocycles. The SMILES string of the molecule is CCC(C)(O)CN=C(N)NC1CCCCC1. The van der Waals surface area contributed by atoms with E-state index in [2.05, 4.69) is 10.3 Å². The first kappa shape index (κ1) is 13.3. The van der Waals surface area contributed by atoms with Crippen LogP contribution in [0.1, 0.15) is 52.4 Å². The Bertz CT molecular complexity index is 232. The van der Waals surface area contributed by atoms with Gasteiger partial charge in [-0.3, -0.25) is 4.99 Å². The first-order chi connectivity index (χ1) is 7.53. The highest BCUT2D eigenvalue weighted by atomic mass is 16.3. The molecule has 1 unspecified atom stereocenters. The minimum atomic E-state index is -0.737. The van der Waals surface area contributed by atoms with E-state index in [1.807, 2.05) is 6.92 Å². The third kappa shape index (κ3) is 4.84. The van der Waals surface area contributed by atoms with Gasteiger partial charge in [0.15, 0.2) is 5.96 Å². The molecule has 1 atom stereocenters. The minimum Gasteiger partial charge on any atom is -0.388 e. The molecule has 1 saturated carbocycles. The lowest BCUT2D eigenvalue weighted by molar-refractivity contribution is 0.0657. The maximum absolute atomic E-state index is 9.79. The molecule has 16 heavy (non-hydrogen) atoms. The fourth-order valence-corrected chi connectivity index (χ4v) is 1.87. The van der Waals surface area contributed by atoms with Crippen LogP contribution in [0.5, 0.6) is 0 Å². The molecule has 0 aromatic heterocycles. The molecule has 1 fully saturated rings. The summed E-state index contributed by atoms with van der Waals surface area (Å²) in [5.41, 5.74) is 5.06. The van der Waals surface area contributed by atoms with Crippen molar-refractivity contribution < 1.29 is 5.11 Å². The van der Waals surface area contributed by atoms with Crippen LogP contribution in [0, 0.1) is 0 Å². The molecule has 0 heterocycles. The highest BCUT2D eigenvalue weighted by Gasteiger charge is 2.17. The van der Waals surface area contributed by atoms with Gasteiger partial charge in [-0.1, -0.05) is 26.2 Å². The molecule has 0 aliphatic heterocycles. The molecule has 1 rings (SSSR count). The largest absolute Gasteiger partial charge is 0.388 e. The van der Waals surface area contributed by atoms with Gasteiger partial charge in [0.1, 0.15) is 0 Å². The lowest BCUT2D eigenvalue weighted by Crippen LogP contribution is -2.42. The van der Waals surface area contributed by atoms with E-state index in [0.29, 0.717) is 25.0 Å². The Labute approximate surface area is 98.3 Å². The fourth-order valence-electron chi connectivity index (χ4n) is 1.87. The van der Waals surface area contributed by atoms with E-state index in [1.165, 1.54) is 32.1 Å². The first-order valence-corrected chi connectivity index (χ1v) is 6.32. The zero-order valence-corrected chi connectivity index (χ0v) is 10.5. The molecule has 0 saturated heterocycles. The van der Waals surface area contributed by atoms with Crippen LogP contribution in [-0.4, -0.2) is 29.3 Å². The third-order valence-electron chi connectivity index (χ3n) is 3.31. The van der Waals surface area contributed by atoms with E-state index in [-0.39, 0.29) is 0 Å². The van der Waals surface area contributed by atoms with E-state index in [1.54, 1.807) is 6.92 Å². The van der Waals surface area contributed by atoms with Crippen molar-refractivity contribution in [2.75, 3.05) is 6.54 Å². The number of guanidine groups is 1. The topological polar surface area (TPSA) is 70.6 Å². The summed E-state index contributed by atoms with van der Waals surface area (Å²) >= 11 is 0. The summed E-state index contributed by atoms with van der Waals surface area (Å²) in [5.74, 6) is 0.473. The van der Waals surface area contributed by atoms with Crippen LogP contribution in [0.15, 0.2) is 4.99 Å². The van der Waals surface area contributed by atoms with Crippen molar-refractivity contribution in [2.24, 2.45) is 10.7 Å². The Morgan fingerprint density at radius 2 is 2.06 bits per heavy atom. The predicted octanol–water partition coefficient (Wildman–Crippen LogP) is 1.38. The summed E-state index contributed by atoms with van der Waals surface area (Å²) in [6, 6.07) is 0.476. The van der Waals surface area contributed by atoms with E-state index in [0.717, 1.165) is 0 Å². The van der Waals surface area contributed by atoms with Crippen LogP contribution < -0.4 is 11.1 Å². The monoisotopic (exact) mass is 227 g/mol. The molecule has 0 spiro atoms. The second-order valence-electron chi connectivity index (χ2n) is 5.03. The Balaban J connectivity index is 2.32. The van der Waals surface area contributed by atoms with Crippen molar-refractivity contribution in [2.45, 2.75) is 64.0 Å². The van der Waals surface area contributed by atoms with Gasteiger partial charge in [0.25, 0.3) is 0 Å². The predicted molar refractivity (Wildman–Crippen MR) is 67.4 cm³/mol. The molecule has 0 aromatic rings. The van der Waals surface area contributed by atoms with Crippen LogP contribution in [0.2, 0.25) is 0 Å². The number of hydrogen-bond donors (Lipinski definition) is 3. The third-order valence-corrected chi connectivity index (χ3v) is 3.31. The van der Waals surface area contributed by atoms with Crippen molar-refractivity contribution in [3.63, 3.8) is 0 Å². The Kier molecular flexibility index (Phi) is 5.06. The number of rotatable bonds is 4. The number of hydrogen-bond acceptors (Lipinski definition) is 2. The van der Waals surface area contributed by atoms with Gasteiger partial charge in [-0.25, -0.2) is 0 Å². The zero-order chi connectivity index (χ0) is 12.0. The highest BCUT2D eigenvalue weighted by molar-refractivity contribution is 5.78. The van der Waals surface area contributed by atoms with Gasteiger partial charge in [-0.05, 0) is 26.2 Å². The van der Waals surface area contributed by atoms with Crippen LogP contribution >= 0.6 is 0 Å². The molecular weight excluding hydrogens is 202 g/mol. The lowest BCUT2D eigenvalue weighted by atomic mass is 9.96. The average molecular weight is 227 g/mol. The van der Waals surface area contributed by atoms with E-state index < -0.39 is 5.60 Å². The van der Waals surface area contributed by atoms with Crippen molar-refractivity contribution in [1.82, 2.24) is 5.32 Å². The fraction of sp³-hybridized carbons (Fsp3) is 0.917. The molecule has 4 heteroatoms. The summed E-state index contributed by atoms with van der Waals surface area (Å²) in [4.78, 5) is 4.19. The standard InChI is InChI=1S/C12H25N3O/c1-3-12(2,16)9-14-11(13)15-10-7-5-4-6-8-10/h10,16H,3-9H2,1-2H3,(H3,13,14,15). The molecule has 4 N–H and O–H groups in total. The van der Waals surface area contributed by atoms with Gasteiger partial charge in [0.05, 0.1) is 12.1 Å². The first-order valence-electron chi connectivity index (χ1n) is 6.32. The van der Waals surface area contributed by atoms with Crippen molar-refractivity contribution in [3.05, 3.63) is 0 Å². The van der Waals surface area contributed by atoms with Gasteiger partial charge < -0.3 is 16.2 Å². The summed E-state index contributed by atoms with van der Waals surface area (Å²) in [5, 5.41) is 13.0. The van der Waals surface area contributed by atoms with Crippen LogP contribution in [0.25, 0.3) is 0 Å². The van der Waals surface area contributed by atoms with Gasteiger partial charge in [0.2, 0.25) is 0 Å². The molecule has 0 amide bonds. The molecule has 0 radical (unpaired) electrons. The Hall–Kier alpha value is -0.770. The smallest absolute Gasteiger partial charge is 0.188 e. The quantitative estimate of drug-likeness (QED) is 0.502. The van der Waals surface area contributed by atoms with Gasteiger partial charge >= 0.3 is 0 Å². The molecular formula is C12H25N3O. The minimum absolute atomic E-state index is 0.370. The summed E-state index contributed by atoms with van der Waals surface area (Å²) < 4.78 is 0. The zero-order valence-electron chi connectivity index (χ0n) is 10.5. The van der Waals surface area contributed by atoms with Crippen molar-refractivity contribution in [1.29, 1.82) is 0 Å². The van der Waals surface area contributed by atoms with Gasteiger partial charge in [0, 0.05) is 6.04 Å².